The maximum absolute atomic E-state index is 12.4. The van der Waals surface area contributed by atoms with Crippen molar-refractivity contribution in [3.05, 3.63) is 52.9 Å². The number of amides is 2. The average molecular weight is 319 g/mol. The van der Waals surface area contributed by atoms with Crippen molar-refractivity contribution in [3.8, 4) is 0 Å². The van der Waals surface area contributed by atoms with Crippen molar-refractivity contribution in [2.75, 3.05) is 11.4 Å². The zero-order valence-corrected chi connectivity index (χ0v) is 12.6. The number of hydrogen-bond donors (Lipinski definition) is 1. The predicted octanol–water partition coefficient (Wildman–Crippen LogP) is 2.99. The molecule has 0 saturated carbocycles. The lowest BCUT2D eigenvalue weighted by molar-refractivity contribution is -0.117. The lowest BCUT2D eigenvalue weighted by Gasteiger charge is -2.19. The molecule has 2 amide bonds. The van der Waals surface area contributed by atoms with E-state index < -0.39 is 0 Å². The molecule has 0 unspecified atom stereocenters. The van der Waals surface area contributed by atoms with E-state index in [1.54, 1.807) is 41.5 Å². The van der Waals surface area contributed by atoms with Gasteiger partial charge in [-0.1, -0.05) is 11.6 Å². The van der Waals surface area contributed by atoms with Crippen molar-refractivity contribution in [3.63, 3.8) is 0 Å². The minimum absolute atomic E-state index is 0.0161. The number of nitrogens with one attached hydrogen (secondary N) is 1. The fourth-order valence-corrected chi connectivity index (χ4v) is 2.67. The summed E-state index contributed by atoms with van der Waals surface area (Å²) >= 11 is 6.02. The molecular weight excluding hydrogens is 304 g/mol. The Morgan fingerprint density at radius 2 is 2.23 bits per heavy atom. The third-order valence-electron chi connectivity index (χ3n) is 3.57. The molecule has 114 valence electrons. The molecule has 2 aromatic rings. The van der Waals surface area contributed by atoms with Gasteiger partial charge in [-0.3, -0.25) is 9.59 Å². The van der Waals surface area contributed by atoms with E-state index >= 15 is 0 Å². The van der Waals surface area contributed by atoms with E-state index in [9.17, 15) is 9.59 Å². The number of halogens is 1. The average Bonchev–Trinajstić information content (AvgIpc) is 3.16. The molecule has 1 aliphatic heterocycles. The van der Waals surface area contributed by atoms with Crippen LogP contribution in [0.4, 0.5) is 5.69 Å². The van der Waals surface area contributed by atoms with Crippen LogP contribution >= 0.6 is 11.6 Å². The van der Waals surface area contributed by atoms with Gasteiger partial charge in [-0.2, -0.15) is 0 Å². The molecule has 1 aliphatic rings. The summed E-state index contributed by atoms with van der Waals surface area (Å²) in [5.41, 5.74) is 0.998. The van der Waals surface area contributed by atoms with Gasteiger partial charge in [0, 0.05) is 18.0 Å². The third-order valence-corrected chi connectivity index (χ3v) is 3.81. The molecule has 1 saturated heterocycles. The molecule has 0 bridgehead atoms. The molecular formula is C16H15ClN2O3. The number of furan rings is 1. The molecule has 6 heteroatoms. The van der Waals surface area contributed by atoms with Crippen molar-refractivity contribution < 1.29 is 14.0 Å². The highest BCUT2D eigenvalue weighted by molar-refractivity contribution is 6.31. The first-order chi connectivity index (χ1) is 10.6. The molecule has 1 aromatic carbocycles. The van der Waals surface area contributed by atoms with Crippen molar-refractivity contribution in [1.29, 1.82) is 0 Å². The molecule has 0 radical (unpaired) electrons. The highest BCUT2D eigenvalue weighted by Crippen LogP contribution is 2.28. The van der Waals surface area contributed by atoms with Gasteiger partial charge in [0.25, 0.3) is 5.91 Å². The van der Waals surface area contributed by atoms with Crippen molar-refractivity contribution in [1.82, 2.24) is 5.32 Å². The Bertz CT molecular complexity index is 697. The van der Waals surface area contributed by atoms with Crippen molar-refractivity contribution in [2.24, 2.45) is 0 Å². The Labute approximate surface area is 132 Å². The number of benzene rings is 1. The summed E-state index contributed by atoms with van der Waals surface area (Å²) in [5, 5.41) is 3.28. The molecule has 1 fully saturated rings. The standard InChI is InChI=1S/C16H15ClN2O3/c17-11-5-6-13(14(9-11)19-7-1-4-15(19)20)16(21)18-10-12-3-2-8-22-12/h2-3,5-6,8-9H,1,4,7,10H2,(H,18,21). The molecule has 2 heterocycles. The second-order valence-electron chi connectivity index (χ2n) is 5.07. The van der Waals surface area contributed by atoms with Gasteiger partial charge in [0.15, 0.2) is 0 Å². The number of nitrogens with zero attached hydrogens (tertiary/aromatic N) is 1. The molecule has 1 N–H and O–H groups in total. The van der Waals surface area contributed by atoms with Crippen LogP contribution in [0.2, 0.25) is 5.02 Å². The summed E-state index contributed by atoms with van der Waals surface area (Å²) in [4.78, 5) is 26.0. The van der Waals surface area contributed by atoms with Crippen LogP contribution in [-0.2, 0) is 11.3 Å². The van der Waals surface area contributed by atoms with Crippen LogP contribution in [0.1, 0.15) is 29.0 Å². The fraction of sp³-hybridized carbons (Fsp3) is 0.250. The predicted molar refractivity (Wildman–Crippen MR) is 82.9 cm³/mol. The molecule has 1 aromatic heterocycles. The van der Waals surface area contributed by atoms with Crippen LogP contribution in [0.5, 0.6) is 0 Å². The van der Waals surface area contributed by atoms with E-state index in [0.29, 0.717) is 41.5 Å². The zero-order chi connectivity index (χ0) is 15.5. The minimum Gasteiger partial charge on any atom is -0.467 e. The fourth-order valence-electron chi connectivity index (χ4n) is 2.50. The first-order valence-electron chi connectivity index (χ1n) is 7.05. The highest BCUT2D eigenvalue weighted by atomic mass is 35.5. The summed E-state index contributed by atoms with van der Waals surface area (Å²) in [6.07, 6.45) is 2.84. The second-order valence-corrected chi connectivity index (χ2v) is 5.51. The zero-order valence-electron chi connectivity index (χ0n) is 11.8. The molecule has 0 aliphatic carbocycles. The summed E-state index contributed by atoms with van der Waals surface area (Å²) in [6, 6.07) is 8.49. The van der Waals surface area contributed by atoms with E-state index in [1.807, 2.05) is 0 Å². The van der Waals surface area contributed by atoms with Gasteiger partial charge >= 0.3 is 0 Å². The number of carbonyl (C=O) groups is 2. The third kappa shape index (κ3) is 2.99. The SMILES string of the molecule is O=C(NCc1ccco1)c1ccc(Cl)cc1N1CCCC1=O. The lowest BCUT2D eigenvalue weighted by atomic mass is 10.1. The first kappa shape index (κ1) is 14.7. The van der Waals surface area contributed by atoms with Crippen LogP contribution in [0.3, 0.4) is 0 Å². The van der Waals surface area contributed by atoms with E-state index in [0.717, 1.165) is 6.42 Å². The molecule has 0 atom stereocenters. The van der Waals surface area contributed by atoms with Crippen molar-refractivity contribution >= 4 is 29.1 Å². The largest absolute Gasteiger partial charge is 0.467 e. The Morgan fingerprint density at radius 1 is 1.36 bits per heavy atom. The normalized spacial score (nSPS) is 14.4. The number of carbonyl (C=O) groups excluding carboxylic acids is 2. The van der Waals surface area contributed by atoms with Crippen molar-refractivity contribution in [2.45, 2.75) is 19.4 Å². The van der Waals surface area contributed by atoms with E-state index in [2.05, 4.69) is 5.32 Å². The van der Waals surface area contributed by atoms with E-state index in [4.69, 9.17) is 16.0 Å². The summed E-state index contributed by atoms with van der Waals surface area (Å²) in [5.74, 6) is 0.422. The van der Waals surface area contributed by atoms with Gasteiger partial charge < -0.3 is 14.6 Å². The van der Waals surface area contributed by atoms with Gasteiger partial charge in [0.2, 0.25) is 5.91 Å². The van der Waals surface area contributed by atoms with E-state index in [1.165, 1.54) is 0 Å². The minimum atomic E-state index is -0.261. The van der Waals surface area contributed by atoms with Gasteiger partial charge in [0.1, 0.15) is 5.76 Å². The smallest absolute Gasteiger partial charge is 0.253 e. The molecule has 3 rings (SSSR count). The molecule has 0 spiro atoms. The van der Waals surface area contributed by atoms with Crippen LogP contribution in [0, 0.1) is 0 Å². The maximum atomic E-state index is 12.4. The van der Waals surface area contributed by atoms with Crippen LogP contribution in [-0.4, -0.2) is 18.4 Å². The van der Waals surface area contributed by atoms with Gasteiger partial charge in [-0.15, -0.1) is 0 Å². The number of anilines is 1. The molecule has 22 heavy (non-hydrogen) atoms. The summed E-state index contributed by atoms with van der Waals surface area (Å²) < 4.78 is 5.19. The lowest BCUT2D eigenvalue weighted by Crippen LogP contribution is -2.29. The van der Waals surface area contributed by atoms with Gasteiger partial charge in [-0.05, 0) is 36.8 Å². The number of rotatable bonds is 4. The quantitative estimate of drug-likeness (QED) is 0.942. The monoisotopic (exact) mass is 318 g/mol. The Hall–Kier alpha value is -2.27. The first-order valence-corrected chi connectivity index (χ1v) is 7.43. The Balaban J connectivity index is 1.83. The summed E-state index contributed by atoms with van der Waals surface area (Å²) in [6.45, 7) is 0.902. The van der Waals surface area contributed by atoms with Crippen LogP contribution < -0.4 is 10.2 Å². The van der Waals surface area contributed by atoms with E-state index in [-0.39, 0.29) is 11.8 Å². The number of hydrogen-bond acceptors (Lipinski definition) is 3. The van der Waals surface area contributed by atoms with Crippen LogP contribution in [0.25, 0.3) is 0 Å². The summed E-state index contributed by atoms with van der Waals surface area (Å²) in [7, 11) is 0. The highest BCUT2D eigenvalue weighted by Gasteiger charge is 2.26. The van der Waals surface area contributed by atoms with Crippen LogP contribution in [0.15, 0.2) is 41.0 Å². The topological polar surface area (TPSA) is 62.6 Å². The molecule has 5 nitrogen and oxygen atoms in total. The Kier molecular flexibility index (Phi) is 4.15. The van der Waals surface area contributed by atoms with Gasteiger partial charge in [-0.25, -0.2) is 0 Å². The van der Waals surface area contributed by atoms with Gasteiger partial charge in [0.05, 0.1) is 24.1 Å². The second kappa shape index (κ2) is 6.23. The maximum Gasteiger partial charge on any atom is 0.253 e. The Morgan fingerprint density at radius 3 is 2.91 bits per heavy atom.